The predicted molar refractivity (Wildman–Crippen MR) is 420 cm³/mol. The smallest absolute Gasteiger partial charge is 0.220 e. The number of carbonyl (C=O) groups excluding carboxylic acids is 1. The van der Waals surface area contributed by atoms with Crippen LogP contribution in [-0.4, -0.2) is 140 Å². The molecule has 596 valence electrons. The van der Waals surface area contributed by atoms with Gasteiger partial charge in [0.1, 0.15) is 48.8 Å². The molecule has 0 aromatic heterocycles. The normalized spacial score (nSPS) is 21.8. The van der Waals surface area contributed by atoms with Gasteiger partial charge in [-0.05, 0) is 51.4 Å². The summed E-state index contributed by atoms with van der Waals surface area (Å²) in [6.45, 7) is 2.86. The molecule has 2 aliphatic heterocycles. The molecule has 9 N–H and O–H groups in total. The Labute approximate surface area is 621 Å². The van der Waals surface area contributed by atoms with Gasteiger partial charge in [-0.15, -0.1) is 0 Å². The molecule has 0 aromatic carbocycles. The van der Waals surface area contributed by atoms with Crippen LogP contribution in [0.4, 0.5) is 0 Å². The lowest BCUT2D eigenvalue weighted by molar-refractivity contribution is -0.359. The number of rotatable bonds is 75. The molecule has 14 heteroatoms. The van der Waals surface area contributed by atoms with Crippen molar-refractivity contribution in [2.24, 2.45) is 0 Å². The molecule has 0 aliphatic carbocycles. The monoisotopic (exact) mass is 1430 g/mol. The maximum Gasteiger partial charge on any atom is 0.220 e. The fourth-order valence-corrected chi connectivity index (χ4v) is 14.7. The van der Waals surface area contributed by atoms with Gasteiger partial charge < -0.3 is 65.1 Å². The van der Waals surface area contributed by atoms with Crippen molar-refractivity contribution in [2.75, 3.05) is 19.8 Å². The van der Waals surface area contributed by atoms with E-state index in [1.165, 1.54) is 347 Å². The molecule has 2 saturated heterocycles. The third-order valence-electron chi connectivity index (χ3n) is 21.6. The number of carbonyl (C=O) groups is 1. The van der Waals surface area contributed by atoms with Gasteiger partial charge in [-0.1, -0.05) is 397 Å². The standard InChI is InChI=1S/C87H165NO13/c1-3-5-7-9-11-13-15-17-19-21-23-25-27-29-31-33-35-37-38-39-41-43-45-47-49-51-53-55-57-59-61-63-65-67-69-71-79(92)88-75(74-98-86-84(97)82(95)85(78(73-90)100-86)101-87-83(96)81(94)80(93)77(72-89)99-87)76(91)70-68-66-64-62-60-58-56-54-52-50-48-46-44-42-40-36-34-32-30-28-26-24-22-20-18-16-14-12-10-8-6-4-2/h15,17,21,23,68,70,75-78,80-87,89-91,93-97H,3-14,16,18-20,22,24-67,69,71-74H2,1-2H3,(H,88,92)/b17-15-,23-21-,70-68+. The van der Waals surface area contributed by atoms with Gasteiger partial charge in [0, 0.05) is 6.42 Å². The number of aliphatic hydroxyl groups is 8. The molecular weight excluding hydrogens is 1270 g/mol. The maximum atomic E-state index is 13.4. The number of nitrogens with one attached hydrogen (secondary N) is 1. The number of allylic oxidation sites excluding steroid dienone is 5. The first-order chi connectivity index (χ1) is 49.6. The highest BCUT2D eigenvalue weighted by Gasteiger charge is 2.51. The Kier molecular flexibility index (Phi) is 67.1. The van der Waals surface area contributed by atoms with Crippen LogP contribution in [0, 0.1) is 0 Å². The van der Waals surface area contributed by atoms with E-state index in [1.54, 1.807) is 6.08 Å². The Morgan fingerprint density at radius 2 is 0.653 bits per heavy atom. The Morgan fingerprint density at radius 1 is 0.356 bits per heavy atom. The lowest BCUT2D eigenvalue weighted by Gasteiger charge is -2.46. The van der Waals surface area contributed by atoms with Crippen LogP contribution < -0.4 is 5.32 Å². The summed E-state index contributed by atoms with van der Waals surface area (Å²) < 4.78 is 23.0. The van der Waals surface area contributed by atoms with E-state index in [9.17, 15) is 45.6 Å². The summed E-state index contributed by atoms with van der Waals surface area (Å²) in [4.78, 5) is 13.4. The van der Waals surface area contributed by atoms with E-state index < -0.39 is 86.8 Å². The van der Waals surface area contributed by atoms with Crippen LogP contribution in [0.1, 0.15) is 418 Å². The number of aliphatic hydroxyl groups excluding tert-OH is 8. The summed E-state index contributed by atoms with van der Waals surface area (Å²) >= 11 is 0. The average Bonchev–Trinajstić information content (AvgIpc) is 0.791. The van der Waals surface area contributed by atoms with Crippen molar-refractivity contribution in [3.8, 4) is 0 Å². The molecule has 2 fully saturated rings. The van der Waals surface area contributed by atoms with Gasteiger partial charge in [0.15, 0.2) is 12.6 Å². The van der Waals surface area contributed by atoms with Gasteiger partial charge in [0.05, 0.1) is 32.0 Å². The molecule has 2 aliphatic rings. The van der Waals surface area contributed by atoms with E-state index in [2.05, 4.69) is 43.5 Å². The van der Waals surface area contributed by atoms with Gasteiger partial charge >= 0.3 is 0 Å². The number of hydrogen-bond acceptors (Lipinski definition) is 13. The highest BCUT2D eigenvalue weighted by molar-refractivity contribution is 5.76. The number of hydrogen-bond donors (Lipinski definition) is 9. The quantitative estimate of drug-likeness (QED) is 0.0204. The van der Waals surface area contributed by atoms with Crippen molar-refractivity contribution in [3.05, 3.63) is 36.5 Å². The first-order valence-electron chi connectivity index (χ1n) is 43.7. The van der Waals surface area contributed by atoms with Crippen molar-refractivity contribution < 1.29 is 64.6 Å². The molecule has 2 heterocycles. The van der Waals surface area contributed by atoms with Gasteiger partial charge in [-0.25, -0.2) is 0 Å². The summed E-state index contributed by atoms with van der Waals surface area (Å²) in [7, 11) is 0. The van der Waals surface area contributed by atoms with Crippen molar-refractivity contribution in [3.63, 3.8) is 0 Å². The SMILES string of the molecule is CCCCCCC/C=C\C/C=C\CCCCCCCCCCCCCCCCCCCCCCCCCC(=O)NC(COC1OC(CO)C(OC2OC(CO)C(O)C(O)C2O)C(O)C1O)C(O)/C=C/CCCCCCCCCCCCCCCCCCCCCCCCCCCCCCCC. The van der Waals surface area contributed by atoms with Crippen molar-refractivity contribution >= 4 is 5.91 Å². The number of ether oxygens (including phenoxy) is 4. The van der Waals surface area contributed by atoms with E-state index in [0.717, 1.165) is 44.9 Å². The second kappa shape index (κ2) is 71.1. The van der Waals surface area contributed by atoms with Crippen LogP contribution in [0.25, 0.3) is 0 Å². The maximum absolute atomic E-state index is 13.4. The minimum Gasteiger partial charge on any atom is -0.394 e. The number of amides is 1. The predicted octanol–water partition coefficient (Wildman–Crippen LogP) is 20.8. The van der Waals surface area contributed by atoms with E-state index in [4.69, 9.17) is 18.9 Å². The van der Waals surface area contributed by atoms with Crippen molar-refractivity contribution in [1.29, 1.82) is 0 Å². The van der Waals surface area contributed by atoms with Crippen LogP contribution in [0.5, 0.6) is 0 Å². The third-order valence-corrected chi connectivity index (χ3v) is 21.6. The summed E-state index contributed by atoms with van der Waals surface area (Å²) in [6, 6.07) is -0.915. The Hall–Kier alpha value is -1.79. The molecule has 101 heavy (non-hydrogen) atoms. The molecule has 0 radical (unpaired) electrons. The lowest BCUT2D eigenvalue weighted by atomic mass is 9.97. The zero-order valence-electron chi connectivity index (χ0n) is 65.7. The van der Waals surface area contributed by atoms with Crippen LogP contribution in [0.3, 0.4) is 0 Å². The first kappa shape index (κ1) is 95.3. The van der Waals surface area contributed by atoms with E-state index in [0.29, 0.717) is 6.42 Å². The Balaban J connectivity index is 1.58. The minimum atomic E-state index is -1.79. The van der Waals surface area contributed by atoms with Gasteiger partial charge in [-0.2, -0.15) is 0 Å². The summed E-state index contributed by atoms with van der Waals surface area (Å²) in [5.41, 5.74) is 0. The molecule has 1 amide bonds. The van der Waals surface area contributed by atoms with Crippen LogP contribution in [-0.2, 0) is 23.7 Å². The second-order valence-electron chi connectivity index (χ2n) is 31.0. The summed E-state index contributed by atoms with van der Waals surface area (Å²) in [5.74, 6) is -0.230. The molecular formula is C87H165NO13. The van der Waals surface area contributed by atoms with E-state index >= 15 is 0 Å². The first-order valence-corrected chi connectivity index (χ1v) is 43.7. The largest absolute Gasteiger partial charge is 0.394 e. The highest BCUT2D eigenvalue weighted by Crippen LogP contribution is 2.31. The Morgan fingerprint density at radius 3 is 0.990 bits per heavy atom. The van der Waals surface area contributed by atoms with Crippen molar-refractivity contribution in [2.45, 2.75) is 492 Å². The van der Waals surface area contributed by atoms with Gasteiger partial charge in [-0.3, -0.25) is 4.79 Å². The highest BCUT2D eigenvalue weighted by atomic mass is 16.7. The van der Waals surface area contributed by atoms with Crippen LogP contribution in [0.2, 0.25) is 0 Å². The lowest BCUT2D eigenvalue weighted by Crippen LogP contribution is -2.65. The molecule has 0 aromatic rings. The van der Waals surface area contributed by atoms with Crippen molar-refractivity contribution in [1.82, 2.24) is 5.32 Å². The summed E-state index contributed by atoms with van der Waals surface area (Å²) in [5, 5.41) is 87.8. The Bertz CT molecular complexity index is 1840. The topological polar surface area (TPSA) is 228 Å². The molecule has 12 atom stereocenters. The van der Waals surface area contributed by atoms with Gasteiger partial charge in [0.2, 0.25) is 5.91 Å². The molecule has 2 rings (SSSR count). The molecule has 0 bridgehead atoms. The molecule has 0 saturated carbocycles. The molecule has 14 nitrogen and oxygen atoms in total. The number of unbranched alkanes of at least 4 members (excludes halogenated alkanes) is 58. The van der Waals surface area contributed by atoms with Crippen LogP contribution in [0.15, 0.2) is 36.5 Å². The molecule has 0 spiro atoms. The fraction of sp³-hybridized carbons (Fsp3) is 0.920. The summed E-state index contributed by atoms with van der Waals surface area (Å²) in [6.07, 6.45) is 78.2. The van der Waals surface area contributed by atoms with Gasteiger partial charge in [0.25, 0.3) is 0 Å². The van der Waals surface area contributed by atoms with Crippen LogP contribution >= 0.6 is 0 Å². The minimum absolute atomic E-state index is 0.230. The van der Waals surface area contributed by atoms with E-state index in [-0.39, 0.29) is 18.9 Å². The van der Waals surface area contributed by atoms with E-state index in [1.807, 2.05) is 6.08 Å². The zero-order valence-corrected chi connectivity index (χ0v) is 65.7. The fourth-order valence-electron chi connectivity index (χ4n) is 14.7. The molecule has 12 unspecified atom stereocenters. The second-order valence-corrected chi connectivity index (χ2v) is 31.0. The average molecular weight is 1430 g/mol. The zero-order chi connectivity index (χ0) is 73.0. The third kappa shape index (κ3) is 53.6.